The van der Waals surface area contributed by atoms with Crippen LogP contribution < -0.4 is 0 Å². The monoisotopic (exact) mass is 396 g/mol. The molecule has 150 valence electrons. The van der Waals surface area contributed by atoms with Crippen molar-refractivity contribution in [2.45, 2.75) is 31.5 Å². The lowest BCUT2D eigenvalue weighted by molar-refractivity contribution is -0.169. The van der Waals surface area contributed by atoms with Gasteiger partial charge in [-0.1, -0.05) is 47.6 Å². The molecule has 1 amide bonds. The molecule has 2 aromatic rings. The maximum atomic E-state index is 13.4. The Balaban J connectivity index is 1.46. The molecule has 0 spiro atoms. The highest BCUT2D eigenvalue weighted by atomic mass is 19.1. The van der Waals surface area contributed by atoms with Crippen LogP contribution in [0.2, 0.25) is 0 Å². The SMILES string of the molecule is O=C(OC(C(=O)N1CCCC1)c1ccccc1)C1CC(c2cccc(F)c2)=NO1. The standard InChI is InChI=1S/C22H21FN2O4/c23-17-10-6-9-16(13-17)18-14-19(29-24-18)22(27)28-20(15-7-2-1-3-8-15)21(26)25-11-4-5-12-25/h1-3,6-10,13,19-20H,4-5,11-12,14H2. The Labute approximate surface area is 167 Å². The molecule has 0 bridgehead atoms. The van der Waals surface area contributed by atoms with Crippen molar-refractivity contribution in [1.82, 2.24) is 4.90 Å². The summed E-state index contributed by atoms with van der Waals surface area (Å²) < 4.78 is 19.0. The average molecular weight is 396 g/mol. The molecule has 6 nitrogen and oxygen atoms in total. The first kappa shape index (κ1) is 19.1. The highest BCUT2D eigenvalue weighted by molar-refractivity contribution is 6.03. The summed E-state index contributed by atoms with van der Waals surface area (Å²) in [6.07, 6.45) is 0.0477. The van der Waals surface area contributed by atoms with Gasteiger partial charge >= 0.3 is 5.97 Å². The minimum Gasteiger partial charge on any atom is -0.444 e. The molecular weight excluding hydrogens is 375 g/mol. The van der Waals surface area contributed by atoms with Crippen molar-refractivity contribution in [2.24, 2.45) is 5.16 Å². The number of carbonyl (C=O) groups is 2. The highest BCUT2D eigenvalue weighted by Crippen LogP contribution is 2.26. The number of esters is 1. The van der Waals surface area contributed by atoms with Gasteiger partial charge in [0.15, 0.2) is 0 Å². The molecule has 2 aliphatic rings. The van der Waals surface area contributed by atoms with E-state index in [1.165, 1.54) is 12.1 Å². The van der Waals surface area contributed by atoms with Crippen molar-refractivity contribution in [3.05, 3.63) is 71.5 Å². The van der Waals surface area contributed by atoms with Crippen LogP contribution in [0.3, 0.4) is 0 Å². The number of ether oxygens (including phenoxy) is 1. The van der Waals surface area contributed by atoms with Gasteiger partial charge in [-0.3, -0.25) is 4.79 Å². The lowest BCUT2D eigenvalue weighted by Gasteiger charge is -2.24. The third-order valence-corrected chi connectivity index (χ3v) is 5.07. The summed E-state index contributed by atoms with van der Waals surface area (Å²) in [5.74, 6) is -1.29. The van der Waals surface area contributed by atoms with Gasteiger partial charge in [-0.15, -0.1) is 0 Å². The van der Waals surface area contributed by atoms with Crippen LogP contribution in [0.4, 0.5) is 4.39 Å². The van der Waals surface area contributed by atoms with Gasteiger partial charge in [-0.05, 0) is 25.0 Å². The number of rotatable bonds is 5. The molecule has 1 fully saturated rings. The van der Waals surface area contributed by atoms with E-state index in [1.807, 2.05) is 6.07 Å². The first-order chi connectivity index (χ1) is 14.1. The summed E-state index contributed by atoms with van der Waals surface area (Å²) in [4.78, 5) is 32.6. The number of hydrogen-bond donors (Lipinski definition) is 0. The second kappa shape index (κ2) is 8.43. The molecule has 7 heteroatoms. The number of halogens is 1. The van der Waals surface area contributed by atoms with E-state index in [0.29, 0.717) is 29.9 Å². The van der Waals surface area contributed by atoms with Gasteiger partial charge in [0.1, 0.15) is 5.82 Å². The van der Waals surface area contributed by atoms with Crippen LogP contribution in [-0.2, 0) is 19.2 Å². The maximum Gasteiger partial charge on any atom is 0.351 e. The summed E-state index contributed by atoms with van der Waals surface area (Å²) in [5.41, 5.74) is 1.63. The average Bonchev–Trinajstić information content (AvgIpc) is 3.44. The van der Waals surface area contributed by atoms with E-state index in [9.17, 15) is 14.0 Å². The fourth-order valence-corrected chi connectivity index (χ4v) is 3.53. The van der Waals surface area contributed by atoms with Gasteiger partial charge in [0.2, 0.25) is 12.2 Å². The fraction of sp³-hybridized carbons (Fsp3) is 0.318. The van der Waals surface area contributed by atoms with Gasteiger partial charge in [0.25, 0.3) is 5.91 Å². The summed E-state index contributed by atoms with van der Waals surface area (Å²) in [5, 5.41) is 3.91. The normalized spacial score (nSPS) is 19.4. The number of likely N-dealkylation sites (tertiary alicyclic amines) is 1. The van der Waals surface area contributed by atoms with Crippen molar-refractivity contribution < 1.29 is 23.6 Å². The zero-order valence-electron chi connectivity index (χ0n) is 15.8. The number of hydrogen-bond acceptors (Lipinski definition) is 5. The Kier molecular flexibility index (Phi) is 5.55. The first-order valence-corrected chi connectivity index (χ1v) is 9.64. The molecule has 0 aliphatic carbocycles. The van der Waals surface area contributed by atoms with E-state index in [1.54, 1.807) is 41.3 Å². The first-order valence-electron chi connectivity index (χ1n) is 9.64. The van der Waals surface area contributed by atoms with Crippen LogP contribution >= 0.6 is 0 Å². The maximum absolute atomic E-state index is 13.4. The topological polar surface area (TPSA) is 68.2 Å². The van der Waals surface area contributed by atoms with Crippen molar-refractivity contribution in [2.75, 3.05) is 13.1 Å². The number of nitrogens with zero attached hydrogens (tertiary/aromatic N) is 2. The summed E-state index contributed by atoms with van der Waals surface area (Å²) in [7, 11) is 0. The van der Waals surface area contributed by atoms with E-state index in [4.69, 9.17) is 9.57 Å². The third kappa shape index (κ3) is 4.29. The molecule has 1 saturated heterocycles. The second-order valence-corrected chi connectivity index (χ2v) is 7.11. The molecule has 2 aliphatic heterocycles. The predicted octanol–water partition coefficient (Wildman–Crippen LogP) is 3.23. The largest absolute Gasteiger partial charge is 0.444 e. The Morgan fingerprint density at radius 2 is 1.86 bits per heavy atom. The van der Waals surface area contributed by atoms with Crippen molar-refractivity contribution in [3.8, 4) is 0 Å². The summed E-state index contributed by atoms with van der Waals surface area (Å²) in [6.45, 7) is 1.32. The Morgan fingerprint density at radius 3 is 2.59 bits per heavy atom. The number of amides is 1. The minimum atomic E-state index is -1.02. The number of oxime groups is 1. The van der Waals surface area contributed by atoms with Gasteiger partial charge < -0.3 is 14.5 Å². The van der Waals surface area contributed by atoms with Crippen molar-refractivity contribution in [3.63, 3.8) is 0 Å². The Morgan fingerprint density at radius 1 is 1.10 bits per heavy atom. The molecule has 2 heterocycles. The van der Waals surface area contributed by atoms with Gasteiger partial charge in [-0.2, -0.15) is 0 Å². The van der Waals surface area contributed by atoms with Crippen LogP contribution in [0.15, 0.2) is 59.8 Å². The van der Waals surface area contributed by atoms with Gasteiger partial charge in [0.05, 0.1) is 5.71 Å². The van der Waals surface area contributed by atoms with E-state index in [0.717, 1.165) is 12.8 Å². The highest BCUT2D eigenvalue weighted by Gasteiger charge is 2.36. The van der Waals surface area contributed by atoms with Crippen LogP contribution in [-0.4, -0.2) is 41.7 Å². The molecule has 2 atom stereocenters. The van der Waals surface area contributed by atoms with Gasteiger partial charge in [-0.25, -0.2) is 9.18 Å². The van der Waals surface area contributed by atoms with E-state index >= 15 is 0 Å². The molecule has 0 saturated carbocycles. The summed E-state index contributed by atoms with van der Waals surface area (Å²) >= 11 is 0. The number of carbonyl (C=O) groups excluding carboxylic acids is 2. The lowest BCUT2D eigenvalue weighted by Crippen LogP contribution is -2.36. The van der Waals surface area contributed by atoms with E-state index in [2.05, 4.69) is 5.16 Å². The molecule has 4 rings (SSSR count). The van der Waals surface area contributed by atoms with Gasteiger partial charge in [0, 0.05) is 30.6 Å². The zero-order chi connectivity index (χ0) is 20.2. The predicted molar refractivity (Wildman–Crippen MR) is 104 cm³/mol. The molecular formula is C22H21FN2O4. The fourth-order valence-electron chi connectivity index (χ4n) is 3.53. The van der Waals surface area contributed by atoms with E-state index < -0.39 is 24.0 Å². The van der Waals surface area contributed by atoms with Crippen LogP contribution in [0.5, 0.6) is 0 Å². The van der Waals surface area contributed by atoms with Crippen LogP contribution in [0, 0.1) is 5.82 Å². The van der Waals surface area contributed by atoms with Crippen molar-refractivity contribution in [1.29, 1.82) is 0 Å². The third-order valence-electron chi connectivity index (χ3n) is 5.07. The molecule has 2 unspecified atom stereocenters. The minimum absolute atomic E-state index is 0.154. The number of benzene rings is 2. The Bertz CT molecular complexity index is 925. The molecule has 0 aromatic heterocycles. The van der Waals surface area contributed by atoms with E-state index in [-0.39, 0.29) is 12.3 Å². The quantitative estimate of drug-likeness (QED) is 0.728. The Hall–Kier alpha value is -3.22. The van der Waals surface area contributed by atoms with Crippen LogP contribution in [0.1, 0.15) is 36.5 Å². The molecule has 29 heavy (non-hydrogen) atoms. The van der Waals surface area contributed by atoms with Crippen molar-refractivity contribution >= 4 is 17.6 Å². The van der Waals surface area contributed by atoms with Crippen LogP contribution in [0.25, 0.3) is 0 Å². The molecule has 0 N–H and O–H groups in total. The zero-order valence-corrected chi connectivity index (χ0v) is 15.8. The molecule has 2 aromatic carbocycles. The smallest absolute Gasteiger partial charge is 0.351 e. The second-order valence-electron chi connectivity index (χ2n) is 7.11. The lowest BCUT2D eigenvalue weighted by atomic mass is 10.0. The molecule has 0 radical (unpaired) electrons. The summed E-state index contributed by atoms with van der Waals surface area (Å²) in [6, 6.07) is 14.9.